The van der Waals surface area contributed by atoms with E-state index in [1.807, 2.05) is 6.08 Å². The molecule has 2 saturated heterocycles. The maximum atomic E-state index is 13.2. The van der Waals surface area contributed by atoms with Gasteiger partial charge in [0.05, 0.1) is 32.0 Å². The standard InChI is InChI=1S/C59H111NO13/c1-3-5-7-9-11-13-15-17-18-19-20-21-22-23-24-25-26-27-28-29-31-32-34-36-38-40-42-48(63)47(60-51(64)43-41-39-37-35-33-30-16-14-12-10-8-6-4-2)46-70-58-56(69)54(67)57(50(45-62)72-58)73-59-55(68)53(66)52(65)49(44-61)71-59/h32,34,40,42,47-50,52-59,61-63,65-69H,3-31,33,35-39,41,43-46H2,1-2H3,(H,60,64)/b34-32+,42-40+. The van der Waals surface area contributed by atoms with Crippen molar-refractivity contribution >= 4 is 5.91 Å². The molecule has 0 bridgehead atoms. The number of unbranched alkanes of at least 4 members (excludes halogenated alkanes) is 33. The Morgan fingerprint density at radius 3 is 1.34 bits per heavy atom. The SMILES string of the molecule is CCCCCCCCCCCCCCCCCCCCCC/C=C/CC/C=C/C(O)C(COC1OC(CO)C(OC2OC(CO)C(O)C(O)C2O)C(O)C1O)NC(=O)CCCCCCCCCCCCCCC. The molecule has 430 valence electrons. The lowest BCUT2D eigenvalue weighted by Gasteiger charge is -2.46. The van der Waals surface area contributed by atoms with Crippen LogP contribution in [0.15, 0.2) is 24.3 Å². The van der Waals surface area contributed by atoms with Crippen LogP contribution in [0.5, 0.6) is 0 Å². The van der Waals surface area contributed by atoms with Crippen LogP contribution < -0.4 is 5.32 Å². The summed E-state index contributed by atoms with van der Waals surface area (Å²) >= 11 is 0. The summed E-state index contributed by atoms with van der Waals surface area (Å²) in [6, 6.07) is -0.927. The lowest BCUT2D eigenvalue weighted by molar-refractivity contribution is -0.359. The quantitative estimate of drug-likeness (QED) is 0.0204. The lowest BCUT2D eigenvalue weighted by atomic mass is 9.97. The Balaban J connectivity index is 1.74. The summed E-state index contributed by atoms with van der Waals surface area (Å²) in [5, 5.41) is 87.0. The third-order valence-electron chi connectivity index (χ3n) is 14.9. The number of amides is 1. The maximum Gasteiger partial charge on any atom is 0.220 e. The van der Waals surface area contributed by atoms with Crippen LogP contribution in [-0.2, 0) is 23.7 Å². The molecule has 2 fully saturated rings. The molecule has 2 aliphatic rings. The fourth-order valence-corrected chi connectivity index (χ4v) is 10.0. The van der Waals surface area contributed by atoms with E-state index in [0.717, 1.165) is 32.1 Å². The second kappa shape index (κ2) is 45.5. The number of rotatable bonds is 48. The van der Waals surface area contributed by atoms with E-state index in [2.05, 4.69) is 31.3 Å². The van der Waals surface area contributed by atoms with Gasteiger partial charge in [-0.05, 0) is 32.1 Å². The fraction of sp³-hybridized carbons (Fsp3) is 0.915. The van der Waals surface area contributed by atoms with Gasteiger partial charge in [0.15, 0.2) is 12.6 Å². The van der Waals surface area contributed by atoms with Gasteiger partial charge < -0.3 is 65.1 Å². The zero-order valence-electron chi connectivity index (χ0n) is 46.1. The molecule has 14 heteroatoms. The summed E-state index contributed by atoms with van der Waals surface area (Å²) in [4.78, 5) is 13.2. The highest BCUT2D eigenvalue weighted by atomic mass is 16.7. The minimum atomic E-state index is -1.79. The molecule has 12 unspecified atom stereocenters. The zero-order chi connectivity index (χ0) is 53.2. The first kappa shape index (κ1) is 67.6. The number of aliphatic hydroxyl groups is 8. The third kappa shape index (κ3) is 31.5. The van der Waals surface area contributed by atoms with E-state index < -0.39 is 86.8 Å². The van der Waals surface area contributed by atoms with Gasteiger partial charge in [0.25, 0.3) is 0 Å². The van der Waals surface area contributed by atoms with Gasteiger partial charge in [-0.25, -0.2) is 0 Å². The predicted octanol–water partition coefficient (Wildman–Crippen LogP) is 10.1. The molecule has 0 aliphatic carbocycles. The molecule has 0 radical (unpaired) electrons. The second-order valence-corrected chi connectivity index (χ2v) is 21.5. The molecule has 1 amide bonds. The Morgan fingerprint density at radius 2 is 0.877 bits per heavy atom. The van der Waals surface area contributed by atoms with Crippen molar-refractivity contribution in [2.45, 2.75) is 325 Å². The van der Waals surface area contributed by atoms with Gasteiger partial charge in [0.1, 0.15) is 48.8 Å². The number of nitrogens with one attached hydrogen (secondary N) is 1. The summed E-state index contributed by atoms with van der Waals surface area (Å²) < 4.78 is 22.7. The summed E-state index contributed by atoms with van der Waals surface area (Å²) in [5.41, 5.74) is 0. The molecular weight excluding hydrogens is 931 g/mol. The Morgan fingerprint density at radius 1 is 0.479 bits per heavy atom. The first-order valence-corrected chi connectivity index (χ1v) is 30.1. The van der Waals surface area contributed by atoms with E-state index in [-0.39, 0.29) is 18.9 Å². The first-order chi connectivity index (χ1) is 35.6. The van der Waals surface area contributed by atoms with E-state index >= 15 is 0 Å². The van der Waals surface area contributed by atoms with E-state index in [4.69, 9.17) is 18.9 Å². The van der Waals surface area contributed by atoms with Gasteiger partial charge in [-0.15, -0.1) is 0 Å². The third-order valence-corrected chi connectivity index (χ3v) is 14.9. The van der Waals surface area contributed by atoms with Gasteiger partial charge in [0.2, 0.25) is 5.91 Å². The van der Waals surface area contributed by atoms with E-state index in [1.54, 1.807) is 6.08 Å². The van der Waals surface area contributed by atoms with Crippen molar-refractivity contribution in [3.8, 4) is 0 Å². The molecule has 0 aromatic carbocycles. The summed E-state index contributed by atoms with van der Waals surface area (Å²) in [5.74, 6) is -0.247. The molecule has 0 aromatic rings. The van der Waals surface area contributed by atoms with Gasteiger partial charge >= 0.3 is 0 Å². The number of ether oxygens (including phenoxy) is 4. The average molecular weight is 1040 g/mol. The van der Waals surface area contributed by atoms with Crippen LogP contribution in [0.1, 0.15) is 251 Å². The molecule has 2 rings (SSSR count). The molecular formula is C59H111NO13. The van der Waals surface area contributed by atoms with Crippen LogP contribution in [0.4, 0.5) is 0 Å². The van der Waals surface area contributed by atoms with Crippen LogP contribution in [0.25, 0.3) is 0 Å². The van der Waals surface area contributed by atoms with Crippen molar-refractivity contribution in [1.82, 2.24) is 5.32 Å². The summed E-state index contributed by atoms with van der Waals surface area (Å²) in [6.07, 6.45) is 36.6. The molecule has 2 aliphatic heterocycles. The van der Waals surface area contributed by atoms with Crippen LogP contribution >= 0.6 is 0 Å². The minimum Gasteiger partial charge on any atom is -0.394 e. The summed E-state index contributed by atoms with van der Waals surface area (Å²) in [7, 11) is 0. The predicted molar refractivity (Wildman–Crippen MR) is 291 cm³/mol. The maximum absolute atomic E-state index is 13.2. The highest BCUT2D eigenvalue weighted by molar-refractivity contribution is 5.76. The Labute approximate surface area is 443 Å². The molecule has 2 heterocycles. The van der Waals surface area contributed by atoms with Gasteiger partial charge in [-0.1, -0.05) is 237 Å². The van der Waals surface area contributed by atoms with Gasteiger partial charge in [-0.2, -0.15) is 0 Å². The Kier molecular flexibility index (Phi) is 42.1. The number of carbonyl (C=O) groups is 1. The molecule has 14 nitrogen and oxygen atoms in total. The number of allylic oxidation sites excluding steroid dienone is 3. The van der Waals surface area contributed by atoms with E-state index in [1.165, 1.54) is 186 Å². The smallest absolute Gasteiger partial charge is 0.220 e. The largest absolute Gasteiger partial charge is 0.394 e. The normalized spacial score (nSPS) is 25.5. The van der Waals surface area contributed by atoms with Crippen LogP contribution in [0.3, 0.4) is 0 Å². The number of hydrogen-bond acceptors (Lipinski definition) is 13. The average Bonchev–Trinajstić information content (AvgIpc) is 3.39. The molecule has 0 spiro atoms. The highest BCUT2D eigenvalue weighted by Gasteiger charge is 2.51. The van der Waals surface area contributed by atoms with Gasteiger partial charge in [0, 0.05) is 6.42 Å². The number of aliphatic hydroxyl groups excluding tert-OH is 8. The van der Waals surface area contributed by atoms with E-state index in [0.29, 0.717) is 12.8 Å². The number of hydrogen-bond donors (Lipinski definition) is 9. The van der Waals surface area contributed by atoms with Crippen molar-refractivity contribution < 1.29 is 64.6 Å². The molecule has 9 N–H and O–H groups in total. The fourth-order valence-electron chi connectivity index (χ4n) is 10.0. The Bertz CT molecular complexity index is 1320. The number of carbonyl (C=O) groups excluding carboxylic acids is 1. The molecule has 12 atom stereocenters. The molecule has 0 saturated carbocycles. The zero-order valence-corrected chi connectivity index (χ0v) is 46.1. The van der Waals surface area contributed by atoms with Gasteiger partial charge in [-0.3, -0.25) is 4.79 Å². The lowest BCUT2D eigenvalue weighted by Crippen LogP contribution is -2.65. The minimum absolute atomic E-state index is 0.247. The van der Waals surface area contributed by atoms with Crippen molar-refractivity contribution in [3.63, 3.8) is 0 Å². The molecule has 0 aromatic heterocycles. The van der Waals surface area contributed by atoms with Crippen molar-refractivity contribution in [2.75, 3.05) is 19.8 Å². The highest BCUT2D eigenvalue weighted by Crippen LogP contribution is 2.30. The monoisotopic (exact) mass is 1040 g/mol. The molecule has 73 heavy (non-hydrogen) atoms. The van der Waals surface area contributed by atoms with Crippen molar-refractivity contribution in [3.05, 3.63) is 24.3 Å². The van der Waals surface area contributed by atoms with Crippen LogP contribution in [0, 0.1) is 0 Å². The Hall–Kier alpha value is -1.53. The topological polar surface area (TPSA) is 228 Å². The van der Waals surface area contributed by atoms with Crippen molar-refractivity contribution in [1.29, 1.82) is 0 Å². The first-order valence-electron chi connectivity index (χ1n) is 30.1. The van der Waals surface area contributed by atoms with E-state index in [9.17, 15) is 45.6 Å². The van der Waals surface area contributed by atoms with Crippen LogP contribution in [0.2, 0.25) is 0 Å². The second-order valence-electron chi connectivity index (χ2n) is 21.5. The van der Waals surface area contributed by atoms with Crippen LogP contribution in [-0.4, -0.2) is 140 Å². The summed E-state index contributed by atoms with van der Waals surface area (Å²) in [6.45, 7) is 2.80. The van der Waals surface area contributed by atoms with Crippen molar-refractivity contribution in [2.24, 2.45) is 0 Å².